The molecule has 1 atom stereocenters. The van der Waals surface area contributed by atoms with Gasteiger partial charge in [0.15, 0.2) is 6.10 Å². The molecule has 0 unspecified atom stereocenters. The van der Waals surface area contributed by atoms with Crippen molar-refractivity contribution in [2.45, 2.75) is 26.4 Å². The van der Waals surface area contributed by atoms with E-state index in [0.717, 1.165) is 12.1 Å². The number of thiazole rings is 1. The molecule has 0 saturated carbocycles. The number of urea groups is 1. The number of amides is 3. The number of hydrogen-bond acceptors (Lipinski definition) is 5. The van der Waals surface area contributed by atoms with Crippen molar-refractivity contribution < 1.29 is 14.3 Å². The van der Waals surface area contributed by atoms with E-state index < -0.39 is 6.10 Å². The highest BCUT2D eigenvalue weighted by molar-refractivity contribution is 7.09. The van der Waals surface area contributed by atoms with Gasteiger partial charge in [0.1, 0.15) is 5.75 Å². The van der Waals surface area contributed by atoms with Crippen molar-refractivity contribution in [2.24, 2.45) is 0 Å². The van der Waals surface area contributed by atoms with E-state index >= 15 is 0 Å². The highest BCUT2D eigenvalue weighted by Crippen LogP contribution is 2.35. The summed E-state index contributed by atoms with van der Waals surface area (Å²) >= 11 is 1.59. The fraction of sp³-hybridized carbons (Fsp3) is 0.353. The number of carbonyl (C=O) groups excluding carboxylic acids is 2. The lowest BCUT2D eigenvalue weighted by Crippen LogP contribution is -2.42. The van der Waals surface area contributed by atoms with Gasteiger partial charge in [0, 0.05) is 30.6 Å². The zero-order chi connectivity index (χ0) is 18.0. The predicted octanol–water partition coefficient (Wildman–Crippen LogP) is 2.56. The van der Waals surface area contributed by atoms with Crippen LogP contribution in [0, 0.1) is 6.92 Å². The van der Waals surface area contributed by atoms with Crippen LogP contribution in [0.2, 0.25) is 0 Å². The predicted molar refractivity (Wildman–Crippen MR) is 97.5 cm³/mol. The third-order valence-corrected chi connectivity index (χ3v) is 5.04. The molecule has 0 aliphatic carbocycles. The summed E-state index contributed by atoms with van der Waals surface area (Å²) in [6.45, 7) is 4.20. The quantitative estimate of drug-likeness (QED) is 0.878. The zero-order valence-corrected chi connectivity index (χ0v) is 15.1. The molecule has 2 N–H and O–H groups in total. The topological polar surface area (TPSA) is 83.6 Å². The number of hydrogen-bond donors (Lipinski definition) is 2. The summed E-state index contributed by atoms with van der Waals surface area (Å²) in [5.41, 5.74) is 4.05. The summed E-state index contributed by atoms with van der Waals surface area (Å²) < 4.78 is 5.57. The molecule has 0 fully saturated rings. The van der Waals surface area contributed by atoms with Gasteiger partial charge in [-0.2, -0.15) is 0 Å². The van der Waals surface area contributed by atoms with Crippen LogP contribution in [0.5, 0.6) is 5.75 Å². The highest BCUT2D eigenvalue weighted by atomic mass is 32.1. The standard InChI is InChI=1S/C17H20N4O3S/c1-10-15(25-9-19-10)6-7-18-17(23)20-12-4-5-14-13(8-12)21(3)16(22)11(2)24-14/h4-5,8-9,11H,6-7H2,1-3H3,(H2,18,20,23)/t11-/m0/s1. The normalized spacial score (nSPS) is 16.2. The third-order valence-electron chi connectivity index (χ3n) is 4.04. The van der Waals surface area contributed by atoms with E-state index in [1.54, 1.807) is 53.9 Å². The number of likely N-dealkylation sites (N-methyl/N-ethyl adjacent to an activating group) is 1. The maximum Gasteiger partial charge on any atom is 0.319 e. The van der Waals surface area contributed by atoms with Crippen LogP contribution in [0.3, 0.4) is 0 Å². The fourth-order valence-electron chi connectivity index (χ4n) is 2.62. The van der Waals surface area contributed by atoms with Crippen molar-refractivity contribution in [3.63, 3.8) is 0 Å². The summed E-state index contributed by atoms with van der Waals surface area (Å²) in [4.78, 5) is 30.9. The second-order valence-corrected chi connectivity index (χ2v) is 6.77. The van der Waals surface area contributed by atoms with E-state index in [1.165, 1.54) is 4.88 Å². The van der Waals surface area contributed by atoms with E-state index in [2.05, 4.69) is 15.6 Å². The van der Waals surface area contributed by atoms with Crippen LogP contribution < -0.4 is 20.3 Å². The van der Waals surface area contributed by atoms with Gasteiger partial charge in [-0.3, -0.25) is 4.79 Å². The van der Waals surface area contributed by atoms with Gasteiger partial charge < -0.3 is 20.3 Å². The Morgan fingerprint density at radius 1 is 1.44 bits per heavy atom. The highest BCUT2D eigenvalue weighted by Gasteiger charge is 2.29. The summed E-state index contributed by atoms with van der Waals surface area (Å²) in [5.74, 6) is 0.509. The van der Waals surface area contributed by atoms with Gasteiger partial charge in [-0.1, -0.05) is 0 Å². The molecule has 0 spiro atoms. The minimum absolute atomic E-state index is 0.117. The molecular formula is C17H20N4O3S. The number of rotatable bonds is 4. The number of ether oxygens (including phenoxy) is 1. The van der Waals surface area contributed by atoms with Gasteiger partial charge in [-0.05, 0) is 32.0 Å². The molecule has 132 valence electrons. The first-order valence-electron chi connectivity index (χ1n) is 7.98. The molecule has 0 bridgehead atoms. The Morgan fingerprint density at radius 2 is 2.24 bits per heavy atom. The number of aromatic nitrogens is 1. The molecule has 0 saturated heterocycles. The van der Waals surface area contributed by atoms with E-state index in [-0.39, 0.29) is 11.9 Å². The lowest BCUT2D eigenvalue weighted by Gasteiger charge is -2.30. The van der Waals surface area contributed by atoms with Gasteiger partial charge in [-0.15, -0.1) is 11.3 Å². The molecule has 1 aromatic carbocycles. The smallest absolute Gasteiger partial charge is 0.319 e. The first-order valence-corrected chi connectivity index (χ1v) is 8.85. The molecule has 2 heterocycles. The zero-order valence-electron chi connectivity index (χ0n) is 14.3. The maximum absolute atomic E-state index is 12.0. The molecule has 0 radical (unpaired) electrons. The fourth-order valence-corrected chi connectivity index (χ4v) is 3.40. The van der Waals surface area contributed by atoms with Crippen molar-refractivity contribution in [1.82, 2.24) is 10.3 Å². The summed E-state index contributed by atoms with van der Waals surface area (Å²) in [5, 5.41) is 5.60. The Labute approximate surface area is 150 Å². The lowest BCUT2D eigenvalue weighted by atomic mass is 10.2. The van der Waals surface area contributed by atoms with Gasteiger partial charge in [0.05, 0.1) is 16.9 Å². The van der Waals surface area contributed by atoms with Crippen LogP contribution in [0.4, 0.5) is 16.2 Å². The first-order chi connectivity index (χ1) is 12.0. The van der Waals surface area contributed by atoms with Crippen LogP contribution in [-0.2, 0) is 11.2 Å². The second kappa shape index (κ2) is 7.10. The van der Waals surface area contributed by atoms with Crippen LogP contribution >= 0.6 is 11.3 Å². The van der Waals surface area contributed by atoms with Gasteiger partial charge in [0.2, 0.25) is 0 Å². The van der Waals surface area contributed by atoms with Gasteiger partial charge >= 0.3 is 6.03 Å². The summed E-state index contributed by atoms with van der Waals surface area (Å²) in [6, 6.07) is 4.94. The molecule has 8 heteroatoms. The summed E-state index contributed by atoms with van der Waals surface area (Å²) in [6.07, 6.45) is 0.242. The Bertz CT molecular complexity index is 805. The lowest BCUT2D eigenvalue weighted by molar-refractivity contribution is -0.125. The Balaban J connectivity index is 1.59. The molecule has 25 heavy (non-hydrogen) atoms. The second-order valence-electron chi connectivity index (χ2n) is 5.83. The van der Waals surface area contributed by atoms with Crippen LogP contribution in [0.25, 0.3) is 0 Å². The number of benzene rings is 1. The maximum atomic E-state index is 12.0. The van der Waals surface area contributed by atoms with Crippen LogP contribution in [0.1, 0.15) is 17.5 Å². The van der Waals surface area contributed by atoms with Crippen LogP contribution in [0.15, 0.2) is 23.7 Å². The average molecular weight is 360 g/mol. The van der Waals surface area contributed by atoms with E-state index in [9.17, 15) is 9.59 Å². The van der Waals surface area contributed by atoms with Crippen molar-refractivity contribution in [3.8, 4) is 5.75 Å². The number of anilines is 2. The molecule has 1 aliphatic heterocycles. The van der Waals surface area contributed by atoms with Crippen molar-refractivity contribution in [2.75, 3.05) is 23.8 Å². The number of carbonyl (C=O) groups is 2. The minimum Gasteiger partial charge on any atom is -0.479 e. The molecule has 3 amide bonds. The number of nitrogens with one attached hydrogen (secondary N) is 2. The third kappa shape index (κ3) is 3.74. The molecule has 2 aromatic rings. The minimum atomic E-state index is -0.505. The van der Waals surface area contributed by atoms with Gasteiger partial charge in [-0.25, -0.2) is 9.78 Å². The number of nitrogens with zero attached hydrogens (tertiary/aromatic N) is 2. The molecule has 1 aromatic heterocycles. The van der Waals surface area contributed by atoms with Crippen molar-refractivity contribution in [1.29, 1.82) is 0 Å². The van der Waals surface area contributed by atoms with E-state index in [4.69, 9.17) is 4.74 Å². The molecule has 1 aliphatic rings. The van der Waals surface area contributed by atoms with E-state index in [0.29, 0.717) is 23.7 Å². The van der Waals surface area contributed by atoms with E-state index in [1.807, 2.05) is 6.92 Å². The van der Waals surface area contributed by atoms with Crippen LogP contribution in [-0.4, -0.2) is 36.6 Å². The van der Waals surface area contributed by atoms with Gasteiger partial charge in [0.25, 0.3) is 5.91 Å². The first kappa shape index (κ1) is 17.2. The molecular weight excluding hydrogens is 340 g/mol. The van der Waals surface area contributed by atoms with Crippen molar-refractivity contribution in [3.05, 3.63) is 34.3 Å². The number of aryl methyl sites for hydroxylation is 1. The number of fused-ring (bicyclic) bond motifs is 1. The molecule has 7 nitrogen and oxygen atoms in total. The monoisotopic (exact) mass is 360 g/mol. The average Bonchev–Trinajstić information content (AvgIpc) is 2.99. The Hall–Kier alpha value is -2.61. The Kier molecular flexibility index (Phi) is 4.89. The largest absolute Gasteiger partial charge is 0.479 e. The SMILES string of the molecule is Cc1ncsc1CCNC(=O)Nc1ccc2c(c1)N(C)C(=O)[C@H](C)O2. The van der Waals surface area contributed by atoms with Crippen molar-refractivity contribution >= 4 is 34.6 Å². The Morgan fingerprint density at radius 3 is 2.96 bits per heavy atom. The summed E-state index contributed by atoms with van der Waals surface area (Å²) in [7, 11) is 1.70. The molecule has 3 rings (SSSR count).